The quantitative estimate of drug-likeness (QED) is 0.479. The van der Waals surface area contributed by atoms with Crippen LogP contribution in [0.5, 0.6) is 0 Å². The van der Waals surface area contributed by atoms with Gasteiger partial charge in [0, 0.05) is 43.8 Å². The van der Waals surface area contributed by atoms with Crippen LogP contribution in [0, 0.1) is 5.82 Å². The van der Waals surface area contributed by atoms with Gasteiger partial charge in [-0.3, -0.25) is 24.1 Å². The van der Waals surface area contributed by atoms with Crippen molar-refractivity contribution in [1.29, 1.82) is 0 Å². The third kappa shape index (κ3) is 5.54. The number of hydrogen-bond donors (Lipinski definition) is 3. The van der Waals surface area contributed by atoms with Gasteiger partial charge in [-0.25, -0.2) is 4.39 Å². The fraction of sp³-hybridized carbons (Fsp3) is 0.630. The average molecular weight is 529 g/mol. The molecule has 0 aromatic heterocycles. The highest BCUT2D eigenvalue weighted by atomic mass is 19.1. The molecule has 0 saturated carbocycles. The number of halogens is 1. The maximum atomic E-state index is 13.4. The lowest BCUT2D eigenvalue weighted by atomic mass is 10.00. The van der Waals surface area contributed by atoms with E-state index in [0.29, 0.717) is 38.9 Å². The van der Waals surface area contributed by atoms with Crippen LogP contribution in [0.4, 0.5) is 4.39 Å². The Morgan fingerprint density at radius 1 is 0.921 bits per heavy atom. The number of nitrogens with two attached hydrogens (primary N) is 1. The smallest absolute Gasteiger partial charge is 0.254 e. The first-order valence-corrected chi connectivity index (χ1v) is 13.8. The van der Waals surface area contributed by atoms with E-state index in [-0.39, 0.29) is 53.9 Å². The Kier molecular flexibility index (Phi) is 7.94. The molecule has 0 spiro atoms. The molecule has 4 atom stereocenters. The summed E-state index contributed by atoms with van der Waals surface area (Å²) in [5.41, 5.74) is 6.49. The van der Waals surface area contributed by atoms with Gasteiger partial charge in [0.05, 0.1) is 12.1 Å². The third-order valence-corrected chi connectivity index (χ3v) is 8.45. The standard InChI is InChI=1S/C27H37FN6O4/c28-18-7-5-17(6-8-18)26(37)34-16-19-15-23(34)24(35)30-11-1-3-21(29)27(38)32-13-9-20(10-14-32)33-12-2-4-22(33)25(36)31-19/h5-8,19-23H,1-4,9-16,29H2,(H,30,35)(H,31,36)/t19-,21+,22+,23-/m1/s1. The Morgan fingerprint density at radius 3 is 2.39 bits per heavy atom. The zero-order chi connectivity index (χ0) is 26.8. The molecule has 5 aliphatic rings. The van der Waals surface area contributed by atoms with Crippen molar-refractivity contribution < 1.29 is 23.6 Å². The molecule has 206 valence electrons. The highest BCUT2D eigenvalue weighted by Crippen LogP contribution is 2.28. The number of benzene rings is 1. The average Bonchev–Trinajstić information content (AvgIpc) is 3.58. The first kappa shape index (κ1) is 26.6. The number of fused-ring (bicyclic) bond motifs is 9. The lowest BCUT2D eigenvalue weighted by Gasteiger charge is -2.39. The van der Waals surface area contributed by atoms with E-state index in [1.165, 1.54) is 29.2 Å². The summed E-state index contributed by atoms with van der Waals surface area (Å²) >= 11 is 0. The van der Waals surface area contributed by atoms with Gasteiger partial charge >= 0.3 is 0 Å². The molecule has 0 aliphatic carbocycles. The van der Waals surface area contributed by atoms with Crippen LogP contribution in [0.1, 0.15) is 55.3 Å². The van der Waals surface area contributed by atoms with Crippen LogP contribution in [0.25, 0.3) is 0 Å². The second-order valence-electron chi connectivity index (χ2n) is 10.9. The van der Waals surface area contributed by atoms with Crippen LogP contribution in [-0.4, -0.2) is 101 Å². The summed E-state index contributed by atoms with van der Waals surface area (Å²) in [4.78, 5) is 58.4. The summed E-state index contributed by atoms with van der Waals surface area (Å²) in [5, 5.41) is 6.01. The van der Waals surface area contributed by atoms with Crippen LogP contribution in [0.15, 0.2) is 24.3 Å². The highest BCUT2D eigenvalue weighted by molar-refractivity contribution is 5.98. The van der Waals surface area contributed by atoms with Gasteiger partial charge < -0.3 is 26.2 Å². The van der Waals surface area contributed by atoms with E-state index in [9.17, 15) is 23.6 Å². The molecule has 4 amide bonds. The molecule has 6 rings (SSSR count). The van der Waals surface area contributed by atoms with Gasteiger partial charge in [0.15, 0.2) is 0 Å². The zero-order valence-electron chi connectivity index (χ0n) is 21.6. The minimum Gasteiger partial charge on any atom is -0.354 e. The predicted octanol–water partition coefficient (Wildman–Crippen LogP) is 0.218. The predicted molar refractivity (Wildman–Crippen MR) is 137 cm³/mol. The van der Waals surface area contributed by atoms with Crippen molar-refractivity contribution in [2.75, 3.05) is 32.7 Å². The van der Waals surface area contributed by atoms with Crippen LogP contribution in [0.2, 0.25) is 0 Å². The van der Waals surface area contributed by atoms with Gasteiger partial charge in [-0.1, -0.05) is 0 Å². The monoisotopic (exact) mass is 528 g/mol. The number of rotatable bonds is 1. The van der Waals surface area contributed by atoms with Crippen LogP contribution in [-0.2, 0) is 14.4 Å². The molecule has 10 nitrogen and oxygen atoms in total. The number of hydrogen-bond acceptors (Lipinski definition) is 6. The fourth-order valence-electron chi connectivity index (χ4n) is 6.40. The number of likely N-dealkylation sites (tertiary alicyclic amines) is 1. The number of nitrogens with one attached hydrogen (secondary N) is 2. The molecule has 5 aliphatic heterocycles. The molecule has 5 saturated heterocycles. The van der Waals surface area contributed by atoms with Crippen molar-refractivity contribution in [2.45, 2.75) is 75.2 Å². The largest absolute Gasteiger partial charge is 0.354 e. The Balaban J connectivity index is 1.36. The fourth-order valence-corrected chi connectivity index (χ4v) is 6.40. The molecule has 4 bridgehead atoms. The van der Waals surface area contributed by atoms with Crippen molar-refractivity contribution in [1.82, 2.24) is 25.3 Å². The van der Waals surface area contributed by atoms with Gasteiger partial charge in [0.25, 0.3) is 5.91 Å². The van der Waals surface area contributed by atoms with E-state index in [4.69, 9.17) is 5.73 Å². The molecule has 5 heterocycles. The van der Waals surface area contributed by atoms with Crippen molar-refractivity contribution in [3.05, 3.63) is 35.6 Å². The number of carbonyl (C=O) groups excluding carboxylic acids is 4. The molecule has 11 heteroatoms. The van der Waals surface area contributed by atoms with E-state index in [1.54, 1.807) is 0 Å². The first-order valence-electron chi connectivity index (χ1n) is 13.8. The van der Waals surface area contributed by atoms with Crippen molar-refractivity contribution in [2.24, 2.45) is 5.73 Å². The maximum Gasteiger partial charge on any atom is 0.254 e. The molecule has 38 heavy (non-hydrogen) atoms. The molecule has 0 unspecified atom stereocenters. The number of piperidine rings is 1. The summed E-state index contributed by atoms with van der Waals surface area (Å²) in [7, 11) is 0. The van der Waals surface area contributed by atoms with Crippen molar-refractivity contribution in [3.8, 4) is 0 Å². The minimum absolute atomic E-state index is 0.0682. The molecular weight excluding hydrogens is 491 g/mol. The molecule has 1 aromatic rings. The van der Waals surface area contributed by atoms with Gasteiger partial charge in [-0.15, -0.1) is 0 Å². The third-order valence-electron chi connectivity index (χ3n) is 8.45. The van der Waals surface area contributed by atoms with Crippen molar-refractivity contribution >= 4 is 23.6 Å². The molecular formula is C27H37FN6O4. The second-order valence-corrected chi connectivity index (χ2v) is 10.9. The summed E-state index contributed by atoms with van der Waals surface area (Å²) in [6, 6.07) is 3.44. The number of nitrogens with zero attached hydrogens (tertiary/aromatic N) is 3. The van der Waals surface area contributed by atoms with E-state index in [1.807, 2.05) is 4.90 Å². The second kappa shape index (κ2) is 11.4. The zero-order valence-corrected chi connectivity index (χ0v) is 21.6. The molecule has 1 aromatic carbocycles. The Morgan fingerprint density at radius 2 is 1.66 bits per heavy atom. The summed E-state index contributed by atoms with van der Waals surface area (Å²) in [6.07, 6.45) is 4.58. The Labute approximate surface area is 222 Å². The lowest BCUT2D eigenvalue weighted by Crippen LogP contribution is -2.55. The van der Waals surface area contributed by atoms with E-state index in [2.05, 4.69) is 15.5 Å². The van der Waals surface area contributed by atoms with Crippen LogP contribution < -0.4 is 16.4 Å². The first-order chi connectivity index (χ1) is 18.3. The van der Waals surface area contributed by atoms with Crippen molar-refractivity contribution in [3.63, 3.8) is 0 Å². The van der Waals surface area contributed by atoms with Gasteiger partial charge in [-0.2, -0.15) is 0 Å². The molecule has 5 fully saturated rings. The van der Waals surface area contributed by atoms with E-state index in [0.717, 1.165) is 32.2 Å². The normalized spacial score (nSPS) is 31.4. The summed E-state index contributed by atoms with van der Waals surface area (Å²) in [5.74, 6) is -1.29. The SMILES string of the molecule is N[C@H]1CCCNC(=O)[C@H]2C[C@H](CN2C(=O)c2ccc(F)cc2)NC(=O)[C@@H]2CCCN2C2CCN(CC2)C1=O. The maximum absolute atomic E-state index is 13.4. The van der Waals surface area contributed by atoms with Gasteiger partial charge in [-0.05, 0) is 75.8 Å². The summed E-state index contributed by atoms with van der Waals surface area (Å²) in [6.45, 7) is 2.61. The molecule has 4 N–H and O–H groups in total. The van der Waals surface area contributed by atoms with Crippen LogP contribution >= 0.6 is 0 Å². The lowest BCUT2D eigenvalue weighted by molar-refractivity contribution is -0.135. The minimum atomic E-state index is -0.770. The van der Waals surface area contributed by atoms with E-state index >= 15 is 0 Å². The van der Waals surface area contributed by atoms with Gasteiger partial charge in [0.1, 0.15) is 11.9 Å². The molecule has 0 radical (unpaired) electrons. The van der Waals surface area contributed by atoms with E-state index < -0.39 is 17.9 Å². The highest BCUT2D eigenvalue weighted by Gasteiger charge is 2.43. The summed E-state index contributed by atoms with van der Waals surface area (Å²) < 4.78 is 13.4. The topological polar surface area (TPSA) is 128 Å². The van der Waals surface area contributed by atoms with Crippen LogP contribution in [0.3, 0.4) is 0 Å². The number of carbonyl (C=O) groups is 4. The van der Waals surface area contributed by atoms with Gasteiger partial charge in [0.2, 0.25) is 17.7 Å². The Hall–Kier alpha value is -3.05. The Bertz CT molecular complexity index is 1060. The number of amides is 4.